The number of hydrogen-bond acceptors (Lipinski definition) is 2. The van der Waals surface area contributed by atoms with Gasteiger partial charge in [-0.1, -0.05) is 6.42 Å². The molecule has 4 nitrogen and oxygen atoms in total. The Labute approximate surface area is 90.0 Å². The maximum absolute atomic E-state index is 11.8. The quantitative estimate of drug-likeness (QED) is 0.715. The molecule has 1 N–H and O–H groups in total. The van der Waals surface area contributed by atoms with Gasteiger partial charge in [-0.3, -0.25) is 9.69 Å². The molecular formula is C11H18N2O2. The van der Waals surface area contributed by atoms with Gasteiger partial charge in [-0.05, 0) is 32.1 Å². The zero-order valence-corrected chi connectivity index (χ0v) is 9.00. The first-order chi connectivity index (χ1) is 7.27. The summed E-state index contributed by atoms with van der Waals surface area (Å²) in [4.78, 5) is 24.8. The van der Waals surface area contributed by atoms with Crippen molar-refractivity contribution in [3.8, 4) is 0 Å². The number of rotatable bonds is 1. The van der Waals surface area contributed by atoms with E-state index in [-0.39, 0.29) is 11.9 Å². The predicted molar refractivity (Wildman–Crippen MR) is 56.4 cm³/mol. The lowest BCUT2D eigenvalue weighted by molar-refractivity contribution is -0.127. The van der Waals surface area contributed by atoms with Gasteiger partial charge in [-0.2, -0.15) is 0 Å². The largest absolute Gasteiger partial charge is 0.335 e. The standard InChI is InChI=1S/C11H18N2O2/c14-10-7-2-1-3-8-13(10)11(15)12-9-5-4-6-9/h9H,1-8H2,(H,12,15). The lowest BCUT2D eigenvalue weighted by Crippen LogP contribution is -2.49. The normalized spacial score (nSPS) is 23.2. The second kappa shape index (κ2) is 4.64. The fraction of sp³-hybridized carbons (Fsp3) is 0.818. The van der Waals surface area contributed by atoms with Gasteiger partial charge in [0.1, 0.15) is 0 Å². The first kappa shape index (κ1) is 10.5. The van der Waals surface area contributed by atoms with Gasteiger partial charge in [0.15, 0.2) is 0 Å². The van der Waals surface area contributed by atoms with Gasteiger partial charge in [-0.15, -0.1) is 0 Å². The Kier molecular flexibility index (Phi) is 3.23. The van der Waals surface area contributed by atoms with E-state index in [4.69, 9.17) is 0 Å². The summed E-state index contributed by atoms with van der Waals surface area (Å²) in [6.45, 7) is 0.595. The van der Waals surface area contributed by atoms with E-state index in [0.717, 1.165) is 32.1 Å². The van der Waals surface area contributed by atoms with Crippen molar-refractivity contribution in [3.63, 3.8) is 0 Å². The molecule has 0 radical (unpaired) electrons. The summed E-state index contributed by atoms with van der Waals surface area (Å²) in [5.41, 5.74) is 0. The van der Waals surface area contributed by atoms with Crippen molar-refractivity contribution in [3.05, 3.63) is 0 Å². The molecular weight excluding hydrogens is 192 g/mol. The first-order valence-corrected chi connectivity index (χ1v) is 5.88. The molecule has 15 heavy (non-hydrogen) atoms. The summed E-state index contributed by atoms with van der Waals surface area (Å²) >= 11 is 0. The smallest absolute Gasteiger partial charge is 0.324 e. The molecule has 1 aliphatic heterocycles. The molecule has 2 rings (SSSR count). The van der Waals surface area contributed by atoms with Crippen molar-refractivity contribution in [1.29, 1.82) is 0 Å². The maximum atomic E-state index is 11.8. The molecule has 84 valence electrons. The molecule has 3 amide bonds. The Morgan fingerprint density at radius 2 is 2.00 bits per heavy atom. The van der Waals surface area contributed by atoms with Crippen LogP contribution in [0, 0.1) is 0 Å². The summed E-state index contributed by atoms with van der Waals surface area (Å²) < 4.78 is 0. The fourth-order valence-corrected chi connectivity index (χ4v) is 2.00. The maximum Gasteiger partial charge on any atom is 0.324 e. The number of nitrogens with one attached hydrogen (secondary N) is 1. The Bertz CT molecular complexity index is 261. The minimum atomic E-state index is -0.174. The number of amides is 3. The average Bonchev–Trinajstić information content (AvgIpc) is 2.36. The third-order valence-electron chi connectivity index (χ3n) is 3.25. The van der Waals surface area contributed by atoms with Crippen molar-refractivity contribution in [1.82, 2.24) is 10.2 Å². The van der Waals surface area contributed by atoms with Crippen LogP contribution in [-0.2, 0) is 4.79 Å². The zero-order chi connectivity index (χ0) is 10.7. The number of carbonyl (C=O) groups is 2. The number of carbonyl (C=O) groups excluding carboxylic acids is 2. The van der Waals surface area contributed by atoms with Crippen LogP contribution in [0.25, 0.3) is 0 Å². The molecule has 1 saturated carbocycles. The van der Waals surface area contributed by atoms with E-state index in [0.29, 0.717) is 19.0 Å². The molecule has 0 aromatic carbocycles. The van der Waals surface area contributed by atoms with Crippen LogP contribution in [0.1, 0.15) is 44.9 Å². The minimum absolute atomic E-state index is 0.00989. The van der Waals surface area contributed by atoms with E-state index in [1.54, 1.807) is 0 Å². The summed E-state index contributed by atoms with van der Waals surface area (Å²) in [7, 11) is 0. The van der Waals surface area contributed by atoms with Gasteiger partial charge in [0.05, 0.1) is 0 Å². The Hall–Kier alpha value is -1.06. The molecule has 0 atom stereocenters. The SMILES string of the molecule is O=C1CCCCCN1C(=O)NC1CCC1. The van der Waals surface area contributed by atoms with E-state index < -0.39 is 0 Å². The third-order valence-corrected chi connectivity index (χ3v) is 3.25. The highest BCUT2D eigenvalue weighted by molar-refractivity contribution is 5.94. The van der Waals surface area contributed by atoms with Crippen LogP contribution in [-0.4, -0.2) is 29.4 Å². The van der Waals surface area contributed by atoms with Crippen LogP contribution < -0.4 is 5.32 Å². The second-order valence-corrected chi connectivity index (χ2v) is 4.43. The van der Waals surface area contributed by atoms with Crippen LogP contribution in [0.3, 0.4) is 0 Å². The lowest BCUT2D eigenvalue weighted by atomic mass is 9.93. The van der Waals surface area contributed by atoms with E-state index in [9.17, 15) is 9.59 Å². The number of likely N-dealkylation sites (tertiary alicyclic amines) is 1. The number of nitrogens with zero attached hydrogens (tertiary/aromatic N) is 1. The van der Waals surface area contributed by atoms with E-state index in [1.807, 2.05) is 0 Å². The van der Waals surface area contributed by atoms with Crippen molar-refractivity contribution >= 4 is 11.9 Å². The van der Waals surface area contributed by atoms with Gasteiger partial charge in [0, 0.05) is 19.0 Å². The highest BCUT2D eigenvalue weighted by Crippen LogP contribution is 2.19. The fourth-order valence-electron chi connectivity index (χ4n) is 2.00. The number of urea groups is 1. The van der Waals surface area contributed by atoms with Crippen molar-refractivity contribution in [2.45, 2.75) is 51.0 Å². The van der Waals surface area contributed by atoms with E-state index in [2.05, 4.69) is 5.32 Å². The predicted octanol–water partition coefficient (Wildman–Crippen LogP) is 1.65. The van der Waals surface area contributed by atoms with Gasteiger partial charge in [0.25, 0.3) is 0 Å². The first-order valence-electron chi connectivity index (χ1n) is 5.88. The number of hydrogen-bond donors (Lipinski definition) is 1. The van der Waals surface area contributed by atoms with Gasteiger partial charge in [-0.25, -0.2) is 4.79 Å². The minimum Gasteiger partial charge on any atom is -0.335 e. The topological polar surface area (TPSA) is 49.4 Å². The highest BCUT2D eigenvalue weighted by atomic mass is 16.2. The Balaban J connectivity index is 1.88. The lowest BCUT2D eigenvalue weighted by Gasteiger charge is -2.29. The number of imide groups is 1. The molecule has 0 unspecified atom stereocenters. The van der Waals surface area contributed by atoms with Gasteiger partial charge < -0.3 is 5.32 Å². The summed E-state index contributed by atoms with van der Waals surface area (Å²) in [6, 6.07) is 0.139. The summed E-state index contributed by atoms with van der Waals surface area (Å²) in [6.07, 6.45) is 6.77. The molecule has 0 aromatic rings. The Morgan fingerprint density at radius 1 is 1.20 bits per heavy atom. The Morgan fingerprint density at radius 3 is 2.67 bits per heavy atom. The molecule has 0 spiro atoms. The van der Waals surface area contributed by atoms with E-state index in [1.165, 1.54) is 11.3 Å². The van der Waals surface area contributed by atoms with Gasteiger partial charge >= 0.3 is 6.03 Å². The van der Waals surface area contributed by atoms with Crippen molar-refractivity contribution in [2.75, 3.05) is 6.54 Å². The molecule has 2 aliphatic rings. The molecule has 1 aliphatic carbocycles. The van der Waals surface area contributed by atoms with Crippen LogP contribution in [0.5, 0.6) is 0 Å². The van der Waals surface area contributed by atoms with Gasteiger partial charge in [0.2, 0.25) is 5.91 Å². The molecule has 2 fully saturated rings. The molecule has 0 bridgehead atoms. The van der Waals surface area contributed by atoms with Crippen molar-refractivity contribution < 1.29 is 9.59 Å². The van der Waals surface area contributed by atoms with E-state index >= 15 is 0 Å². The van der Waals surface area contributed by atoms with Crippen LogP contribution in [0.15, 0.2) is 0 Å². The van der Waals surface area contributed by atoms with Crippen LogP contribution >= 0.6 is 0 Å². The highest BCUT2D eigenvalue weighted by Gasteiger charge is 2.26. The molecule has 0 aromatic heterocycles. The zero-order valence-electron chi connectivity index (χ0n) is 9.00. The molecule has 1 saturated heterocycles. The average molecular weight is 210 g/mol. The molecule has 4 heteroatoms. The third kappa shape index (κ3) is 2.49. The second-order valence-electron chi connectivity index (χ2n) is 4.43. The summed E-state index contributed by atoms with van der Waals surface area (Å²) in [5, 5.41) is 2.91. The monoisotopic (exact) mass is 210 g/mol. The van der Waals surface area contributed by atoms with Crippen LogP contribution in [0.4, 0.5) is 4.79 Å². The summed E-state index contributed by atoms with van der Waals surface area (Å²) in [5.74, 6) is -0.00989. The van der Waals surface area contributed by atoms with Crippen molar-refractivity contribution in [2.24, 2.45) is 0 Å². The van der Waals surface area contributed by atoms with Crippen LogP contribution in [0.2, 0.25) is 0 Å². The molecule has 1 heterocycles.